The minimum Gasteiger partial charge on any atom is -0.352 e. The van der Waals surface area contributed by atoms with Crippen LogP contribution in [0.5, 0.6) is 0 Å². The van der Waals surface area contributed by atoms with Crippen LogP contribution in [0.4, 0.5) is 5.69 Å². The lowest BCUT2D eigenvalue weighted by Crippen LogP contribution is -2.36. The van der Waals surface area contributed by atoms with E-state index in [4.69, 9.17) is 0 Å². The minimum atomic E-state index is -0.0110. The van der Waals surface area contributed by atoms with Crippen LogP contribution in [0.25, 0.3) is 0 Å². The Balaban J connectivity index is 0.00000363. The van der Waals surface area contributed by atoms with Crippen LogP contribution in [-0.2, 0) is 17.9 Å². The molecule has 0 unspecified atom stereocenters. The van der Waals surface area contributed by atoms with E-state index in [1.165, 1.54) is 0 Å². The van der Waals surface area contributed by atoms with Crippen molar-refractivity contribution in [3.63, 3.8) is 0 Å². The highest BCUT2D eigenvalue weighted by Gasteiger charge is 2.25. The number of nitrogens with zero attached hydrogens (tertiary/aromatic N) is 2. The van der Waals surface area contributed by atoms with Crippen molar-refractivity contribution in [2.24, 2.45) is 10.9 Å². The smallest absolute Gasteiger partial charge is 0.253 e. The zero-order chi connectivity index (χ0) is 22.2. The maximum absolute atomic E-state index is 12.2. The van der Waals surface area contributed by atoms with E-state index in [1.807, 2.05) is 48.5 Å². The van der Waals surface area contributed by atoms with Crippen molar-refractivity contribution in [2.75, 3.05) is 26.5 Å². The Morgan fingerprint density at radius 3 is 2.22 bits per heavy atom. The number of amides is 2. The van der Waals surface area contributed by atoms with Gasteiger partial charge in [-0.2, -0.15) is 0 Å². The van der Waals surface area contributed by atoms with Crippen LogP contribution in [0.1, 0.15) is 40.7 Å². The maximum atomic E-state index is 12.2. The van der Waals surface area contributed by atoms with Crippen molar-refractivity contribution in [3.8, 4) is 0 Å². The summed E-state index contributed by atoms with van der Waals surface area (Å²) in [5.74, 6) is 0.951. The fourth-order valence-electron chi connectivity index (χ4n) is 3.29. The van der Waals surface area contributed by atoms with Crippen LogP contribution in [0.15, 0.2) is 53.5 Å². The molecule has 8 heteroatoms. The summed E-state index contributed by atoms with van der Waals surface area (Å²) < 4.78 is 0. The molecule has 32 heavy (non-hydrogen) atoms. The van der Waals surface area contributed by atoms with Gasteiger partial charge in [-0.05, 0) is 48.2 Å². The zero-order valence-electron chi connectivity index (χ0n) is 18.9. The molecule has 0 spiro atoms. The van der Waals surface area contributed by atoms with Crippen LogP contribution in [0, 0.1) is 5.92 Å². The van der Waals surface area contributed by atoms with Gasteiger partial charge >= 0.3 is 0 Å². The van der Waals surface area contributed by atoms with Gasteiger partial charge in [0.1, 0.15) is 0 Å². The van der Waals surface area contributed by atoms with E-state index < -0.39 is 0 Å². The summed E-state index contributed by atoms with van der Waals surface area (Å²) in [6, 6.07) is 15.4. The van der Waals surface area contributed by atoms with Gasteiger partial charge < -0.3 is 20.9 Å². The molecule has 2 aromatic rings. The van der Waals surface area contributed by atoms with Gasteiger partial charge in [0.05, 0.1) is 0 Å². The average Bonchev–Trinajstić information content (AvgIpc) is 2.72. The van der Waals surface area contributed by atoms with Gasteiger partial charge in [-0.1, -0.05) is 30.7 Å². The largest absolute Gasteiger partial charge is 0.352 e. The SMILES string of the molecule is CN=C(NCc1ccc(C(=O)N(C)C)cc1)NCc1cccc(NC(=O)C2CCC2)c1.I. The summed E-state index contributed by atoms with van der Waals surface area (Å²) in [5.41, 5.74) is 3.60. The van der Waals surface area contributed by atoms with E-state index in [0.29, 0.717) is 24.6 Å². The molecule has 1 saturated carbocycles. The van der Waals surface area contributed by atoms with Crippen LogP contribution in [-0.4, -0.2) is 43.8 Å². The highest BCUT2D eigenvalue weighted by Crippen LogP contribution is 2.27. The number of carbonyl (C=O) groups excluding carboxylic acids is 2. The van der Waals surface area contributed by atoms with Gasteiger partial charge in [0.15, 0.2) is 5.96 Å². The molecule has 3 rings (SSSR count). The lowest BCUT2D eigenvalue weighted by atomic mass is 9.85. The van der Waals surface area contributed by atoms with E-state index >= 15 is 0 Å². The first-order valence-electron chi connectivity index (χ1n) is 10.6. The fraction of sp³-hybridized carbons (Fsp3) is 0.375. The van der Waals surface area contributed by atoms with Crippen LogP contribution in [0.2, 0.25) is 0 Å². The Bertz CT molecular complexity index is 940. The van der Waals surface area contributed by atoms with Gasteiger partial charge in [-0.3, -0.25) is 14.6 Å². The molecule has 3 N–H and O–H groups in total. The Hall–Kier alpha value is -2.62. The third kappa shape index (κ3) is 7.22. The minimum absolute atomic E-state index is 0. The van der Waals surface area contributed by atoms with Crippen molar-refractivity contribution in [1.29, 1.82) is 0 Å². The molecule has 0 aromatic heterocycles. The molecule has 0 atom stereocenters. The number of hydrogen-bond donors (Lipinski definition) is 3. The first-order chi connectivity index (χ1) is 15.0. The molecular weight excluding hydrogens is 517 g/mol. The number of hydrogen-bond acceptors (Lipinski definition) is 3. The molecule has 1 aliphatic rings. The molecule has 1 aliphatic carbocycles. The lowest BCUT2D eigenvalue weighted by Gasteiger charge is -2.24. The summed E-state index contributed by atoms with van der Waals surface area (Å²) in [4.78, 5) is 30.0. The van der Waals surface area contributed by atoms with Gasteiger partial charge in [0, 0.05) is 51.4 Å². The highest BCUT2D eigenvalue weighted by atomic mass is 127. The van der Waals surface area contributed by atoms with Crippen LogP contribution in [0.3, 0.4) is 0 Å². The van der Waals surface area contributed by atoms with Crippen LogP contribution >= 0.6 is 24.0 Å². The second kappa shape index (κ2) is 12.4. The summed E-state index contributed by atoms with van der Waals surface area (Å²) in [5, 5.41) is 9.58. The number of benzene rings is 2. The number of halogens is 1. The standard InChI is InChI=1S/C24H31N5O2.HI/c1-25-24(26-15-17-10-12-20(13-11-17)23(31)29(2)3)27-16-18-6-4-9-21(14-18)28-22(30)19-7-5-8-19;/h4,6,9-14,19H,5,7-8,15-16H2,1-3H3,(H,28,30)(H2,25,26,27);1H. The molecule has 1 fully saturated rings. The quantitative estimate of drug-likeness (QED) is 0.280. The zero-order valence-corrected chi connectivity index (χ0v) is 21.2. The number of anilines is 1. The molecule has 2 amide bonds. The van der Waals surface area contributed by atoms with E-state index in [2.05, 4.69) is 20.9 Å². The number of guanidine groups is 1. The molecular formula is C24H32IN5O2. The lowest BCUT2D eigenvalue weighted by molar-refractivity contribution is -0.122. The predicted octanol–water partition coefficient (Wildman–Crippen LogP) is 3.61. The topological polar surface area (TPSA) is 85.8 Å². The summed E-state index contributed by atoms with van der Waals surface area (Å²) >= 11 is 0. The van der Waals surface area contributed by atoms with Crippen molar-refractivity contribution < 1.29 is 9.59 Å². The van der Waals surface area contributed by atoms with Crippen LogP contribution < -0.4 is 16.0 Å². The fourth-order valence-corrected chi connectivity index (χ4v) is 3.29. The Morgan fingerprint density at radius 1 is 1.00 bits per heavy atom. The predicted molar refractivity (Wildman–Crippen MR) is 139 cm³/mol. The van der Waals surface area contributed by atoms with Gasteiger partial charge in [-0.25, -0.2) is 0 Å². The van der Waals surface area contributed by atoms with Crippen molar-refractivity contribution in [3.05, 3.63) is 65.2 Å². The normalized spacial score (nSPS) is 13.4. The molecule has 0 saturated heterocycles. The maximum Gasteiger partial charge on any atom is 0.253 e. The monoisotopic (exact) mass is 549 g/mol. The summed E-state index contributed by atoms with van der Waals surface area (Å²) in [6.07, 6.45) is 3.13. The molecule has 0 radical (unpaired) electrons. The van der Waals surface area contributed by atoms with E-state index in [1.54, 1.807) is 26.0 Å². The van der Waals surface area contributed by atoms with Crippen molar-refractivity contribution >= 4 is 47.4 Å². The van der Waals surface area contributed by atoms with Gasteiger partial charge in [-0.15, -0.1) is 24.0 Å². The number of aliphatic imine (C=N–C) groups is 1. The second-order valence-electron chi connectivity index (χ2n) is 7.99. The first kappa shape index (κ1) is 25.6. The second-order valence-corrected chi connectivity index (χ2v) is 7.99. The average molecular weight is 549 g/mol. The molecule has 0 aliphatic heterocycles. The molecule has 0 heterocycles. The molecule has 172 valence electrons. The number of carbonyl (C=O) groups is 2. The molecule has 0 bridgehead atoms. The number of nitrogens with one attached hydrogen (secondary N) is 3. The van der Waals surface area contributed by atoms with E-state index in [-0.39, 0.29) is 41.7 Å². The highest BCUT2D eigenvalue weighted by molar-refractivity contribution is 14.0. The van der Waals surface area contributed by atoms with E-state index in [0.717, 1.165) is 36.1 Å². The third-order valence-corrected chi connectivity index (χ3v) is 5.42. The van der Waals surface area contributed by atoms with Crippen molar-refractivity contribution in [2.45, 2.75) is 32.4 Å². The van der Waals surface area contributed by atoms with Gasteiger partial charge in [0.25, 0.3) is 5.91 Å². The number of rotatable bonds is 7. The molecule has 2 aromatic carbocycles. The van der Waals surface area contributed by atoms with Crippen molar-refractivity contribution in [1.82, 2.24) is 15.5 Å². The summed E-state index contributed by atoms with van der Waals surface area (Å²) in [6.45, 7) is 1.18. The summed E-state index contributed by atoms with van der Waals surface area (Å²) in [7, 11) is 5.21. The Labute approximate surface area is 207 Å². The Morgan fingerprint density at radius 2 is 1.66 bits per heavy atom. The van der Waals surface area contributed by atoms with E-state index in [9.17, 15) is 9.59 Å². The first-order valence-corrected chi connectivity index (χ1v) is 10.6. The third-order valence-electron chi connectivity index (χ3n) is 5.42. The molecule has 7 nitrogen and oxygen atoms in total. The van der Waals surface area contributed by atoms with Gasteiger partial charge in [0.2, 0.25) is 5.91 Å². The Kier molecular flexibility index (Phi) is 9.96.